The lowest BCUT2D eigenvalue weighted by Crippen LogP contribution is -2.37. The largest absolute Gasteiger partial charge is 0.444 e. The minimum absolute atomic E-state index is 0.0864. The highest BCUT2D eigenvalue weighted by atomic mass is 19.3. The molecule has 1 aromatic heterocycles. The molecule has 1 N–H and O–H groups in total. The molecule has 0 aromatic carbocycles. The summed E-state index contributed by atoms with van der Waals surface area (Å²) in [4.78, 5) is 11.8. The number of ether oxygens (including phenoxy) is 1. The van der Waals surface area contributed by atoms with Gasteiger partial charge >= 0.3 is 12.6 Å². The minimum atomic E-state index is -2.75. The van der Waals surface area contributed by atoms with E-state index in [-0.39, 0.29) is 11.6 Å². The van der Waals surface area contributed by atoms with Crippen molar-refractivity contribution < 1.29 is 18.3 Å². The molecule has 0 spiro atoms. The number of carbonyl (C=O) groups is 1. The van der Waals surface area contributed by atoms with E-state index in [4.69, 9.17) is 4.74 Å². The third-order valence-electron chi connectivity index (χ3n) is 2.54. The van der Waals surface area contributed by atoms with Crippen LogP contribution >= 0.6 is 0 Å². The van der Waals surface area contributed by atoms with Gasteiger partial charge in [0.2, 0.25) is 0 Å². The number of rotatable bonds is 4. The number of amides is 1. The number of aromatic nitrogens is 2. The minimum Gasteiger partial charge on any atom is -0.444 e. The maximum Gasteiger partial charge on any atom is 0.408 e. The van der Waals surface area contributed by atoms with Crippen LogP contribution < -0.4 is 5.32 Å². The Labute approximate surface area is 117 Å². The Balaban J connectivity index is 2.90. The van der Waals surface area contributed by atoms with Crippen LogP contribution in [0, 0.1) is 5.92 Å². The average Bonchev–Trinajstić information content (AvgIpc) is 2.71. The monoisotopic (exact) mass is 289 g/mol. The number of carbonyl (C=O) groups excluding carboxylic acids is 1. The van der Waals surface area contributed by atoms with Gasteiger partial charge in [0, 0.05) is 6.20 Å². The standard InChI is InChI=1S/C13H21F2N3O2/c1-8(2)10(17-12(19)20-13(3,4)5)9-6-7-16-18(9)11(14)15/h6-8,10-11H,1-5H3,(H,17,19)/t10-/m0/s1. The normalized spacial score (nSPS) is 13.7. The topological polar surface area (TPSA) is 56.1 Å². The van der Waals surface area contributed by atoms with Crippen molar-refractivity contribution in [3.8, 4) is 0 Å². The summed E-state index contributed by atoms with van der Waals surface area (Å²) < 4.78 is 31.4. The second kappa shape index (κ2) is 6.19. The summed E-state index contributed by atoms with van der Waals surface area (Å²) in [5.74, 6) is -0.0864. The summed E-state index contributed by atoms with van der Waals surface area (Å²) >= 11 is 0. The number of alkyl halides is 2. The van der Waals surface area contributed by atoms with E-state index in [9.17, 15) is 13.6 Å². The molecule has 0 aliphatic carbocycles. The zero-order valence-electron chi connectivity index (χ0n) is 12.4. The molecule has 1 heterocycles. The molecule has 0 aliphatic rings. The first-order chi connectivity index (χ1) is 9.11. The van der Waals surface area contributed by atoms with Gasteiger partial charge in [0.15, 0.2) is 0 Å². The maximum atomic E-state index is 12.8. The van der Waals surface area contributed by atoms with E-state index >= 15 is 0 Å². The smallest absolute Gasteiger partial charge is 0.408 e. The molecule has 0 saturated heterocycles. The summed E-state index contributed by atoms with van der Waals surface area (Å²) in [6, 6.07) is 0.870. The lowest BCUT2D eigenvalue weighted by Gasteiger charge is -2.26. The number of nitrogens with one attached hydrogen (secondary N) is 1. The first-order valence-corrected chi connectivity index (χ1v) is 6.43. The summed E-state index contributed by atoms with van der Waals surface area (Å²) in [7, 11) is 0. The molecule has 20 heavy (non-hydrogen) atoms. The molecule has 0 radical (unpaired) electrons. The number of nitrogens with zero attached hydrogens (tertiary/aromatic N) is 2. The van der Waals surface area contributed by atoms with Crippen molar-refractivity contribution in [2.75, 3.05) is 0 Å². The molecule has 0 unspecified atom stereocenters. The van der Waals surface area contributed by atoms with Crippen LogP contribution in [0.15, 0.2) is 12.3 Å². The number of hydrogen-bond acceptors (Lipinski definition) is 3. The number of hydrogen-bond donors (Lipinski definition) is 1. The summed E-state index contributed by atoms with van der Waals surface area (Å²) in [6.07, 6.45) is 0.645. The second-order valence-corrected chi connectivity index (χ2v) is 5.85. The van der Waals surface area contributed by atoms with E-state index in [0.717, 1.165) is 0 Å². The summed E-state index contributed by atoms with van der Waals surface area (Å²) in [6.45, 7) is 6.11. The fourth-order valence-electron chi connectivity index (χ4n) is 1.75. The van der Waals surface area contributed by atoms with Crippen LogP contribution in [0.2, 0.25) is 0 Å². The number of halogens is 2. The van der Waals surface area contributed by atoms with Gasteiger partial charge in [0.05, 0.1) is 11.7 Å². The first-order valence-electron chi connectivity index (χ1n) is 6.43. The highest BCUT2D eigenvalue weighted by Crippen LogP contribution is 2.25. The van der Waals surface area contributed by atoms with E-state index in [1.165, 1.54) is 12.3 Å². The van der Waals surface area contributed by atoms with Crippen LogP contribution in [0.5, 0.6) is 0 Å². The molecule has 1 atom stereocenters. The van der Waals surface area contributed by atoms with Crippen LogP contribution in [-0.4, -0.2) is 21.5 Å². The van der Waals surface area contributed by atoms with Crippen molar-refractivity contribution in [3.05, 3.63) is 18.0 Å². The molecule has 0 fully saturated rings. The van der Waals surface area contributed by atoms with Gasteiger partial charge in [-0.2, -0.15) is 13.9 Å². The third-order valence-corrected chi connectivity index (χ3v) is 2.54. The lowest BCUT2D eigenvalue weighted by atomic mass is 10.0. The van der Waals surface area contributed by atoms with E-state index in [1.54, 1.807) is 20.8 Å². The van der Waals surface area contributed by atoms with E-state index in [1.807, 2.05) is 13.8 Å². The van der Waals surface area contributed by atoms with E-state index < -0.39 is 24.3 Å². The van der Waals surface area contributed by atoms with Gasteiger partial charge in [0.25, 0.3) is 0 Å². The molecule has 0 aliphatic heterocycles. The Bertz CT molecular complexity index is 453. The molecule has 7 heteroatoms. The highest BCUT2D eigenvalue weighted by molar-refractivity contribution is 5.68. The Morgan fingerprint density at radius 3 is 2.45 bits per heavy atom. The zero-order valence-corrected chi connectivity index (χ0v) is 12.4. The molecule has 1 rings (SSSR count). The van der Waals surface area contributed by atoms with Crippen molar-refractivity contribution in [1.29, 1.82) is 0 Å². The zero-order chi connectivity index (χ0) is 15.5. The molecule has 1 amide bonds. The quantitative estimate of drug-likeness (QED) is 0.923. The Hall–Kier alpha value is -1.66. The van der Waals surface area contributed by atoms with Gasteiger partial charge in [-0.05, 0) is 32.8 Å². The van der Waals surface area contributed by atoms with Gasteiger partial charge in [-0.3, -0.25) is 0 Å². The predicted octanol–water partition coefficient (Wildman–Crippen LogP) is 3.50. The lowest BCUT2D eigenvalue weighted by molar-refractivity contribution is 0.0412. The van der Waals surface area contributed by atoms with Crippen LogP contribution in [0.4, 0.5) is 13.6 Å². The molecule has 5 nitrogen and oxygen atoms in total. The Kier molecular flexibility index (Phi) is 5.08. The third kappa shape index (κ3) is 4.47. The van der Waals surface area contributed by atoms with Gasteiger partial charge < -0.3 is 10.1 Å². The van der Waals surface area contributed by atoms with Crippen molar-refractivity contribution in [1.82, 2.24) is 15.1 Å². The molecule has 1 aromatic rings. The van der Waals surface area contributed by atoms with Gasteiger partial charge in [0.1, 0.15) is 5.60 Å². The van der Waals surface area contributed by atoms with Crippen LogP contribution in [-0.2, 0) is 4.74 Å². The van der Waals surface area contributed by atoms with E-state index in [0.29, 0.717) is 4.68 Å². The van der Waals surface area contributed by atoms with Crippen molar-refractivity contribution >= 4 is 6.09 Å². The maximum absolute atomic E-state index is 12.8. The van der Waals surface area contributed by atoms with Gasteiger partial charge in [-0.1, -0.05) is 13.8 Å². The molecule has 0 bridgehead atoms. The fraction of sp³-hybridized carbons (Fsp3) is 0.692. The molecule has 0 saturated carbocycles. The molecule has 114 valence electrons. The number of alkyl carbamates (subject to hydrolysis) is 1. The van der Waals surface area contributed by atoms with Crippen molar-refractivity contribution in [2.45, 2.75) is 52.8 Å². The Morgan fingerprint density at radius 2 is 2.00 bits per heavy atom. The van der Waals surface area contributed by atoms with Crippen LogP contribution in [0.25, 0.3) is 0 Å². The SMILES string of the molecule is CC(C)[C@H](NC(=O)OC(C)(C)C)c1ccnn1C(F)F. The second-order valence-electron chi connectivity index (χ2n) is 5.85. The fourth-order valence-corrected chi connectivity index (χ4v) is 1.75. The summed E-state index contributed by atoms with van der Waals surface area (Å²) in [5.41, 5.74) is -0.393. The van der Waals surface area contributed by atoms with Gasteiger partial charge in [-0.25, -0.2) is 9.48 Å². The van der Waals surface area contributed by atoms with Crippen LogP contribution in [0.3, 0.4) is 0 Å². The first kappa shape index (κ1) is 16.4. The highest BCUT2D eigenvalue weighted by Gasteiger charge is 2.26. The van der Waals surface area contributed by atoms with Gasteiger partial charge in [-0.15, -0.1) is 0 Å². The summed E-state index contributed by atoms with van der Waals surface area (Å²) in [5, 5.41) is 6.19. The van der Waals surface area contributed by atoms with Crippen LogP contribution in [0.1, 0.15) is 52.9 Å². The average molecular weight is 289 g/mol. The molecular formula is C13H21F2N3O2. The van der Waals surface area contributed by atoms with E-state index in [2.05, 4.69) is 10.4 Å². The van der Waals surface area contributed by atoms with Crippen molar-refractivity contribution in [3.63, 3.8) is 0 Å². The Morgan fingerprint density at radius 1 is 1.40 bits per heavy atom. The van der Waals surface area contributed by atoms with Crippen molar-refractivity contribution in [2.24, 2.45) is 5.92 Å². The predicted molar refractivity (Wildman–Crippen MR) is 70.4 cm³/mol. The molecular weight excluding hydrogens is 268 g/mol.